The first-order valence-corrected chi connectivity index (χ1v) is 5.99. The summed E-state index contributed by atoms with van der Waals surface area (Å²) in [5.74, 6) is 0. The van der Waals surface area contributed by atoms with Crippen LogP contribution in [0.3, 0.4) is 0 Å². The molecule has 0 aliphatic rings. The van der Waals surface area contributed by atoms with E-state index in [2.05, 4.69) is 30.9 Å². The summed E-state index contributed by atoms with van der Waals surface area (Å²) in [6.07, 6.45) is 2.02. The van der Waals surface area contributed by atoms with Crippen LogP contribution >= 0.6 is 38.9 Å². The Labute approximate surface area is 103 Å². The molecule has 0 radical (unpaired) electrons. The molecule has 1 atom stereocenters. The van der Waals surface area contributed by atoms with Crippen LogP contribution in [-0.2, 0) is 0 Å². The molecule has 0 amide bonds. The standard InChI is InChI=1S/C8H5BrClN3OS/c9-4-3-15-8(13-4)6(14)5-7(10)12-2-1-11-5/h1-3,6,14H. The highest BCUT2D eigenvalue weighted by atomic mass is 79.9. The maximum Gasteiger partial charge on any atom is 0.153 e. The van der Waals surface area contributed by atoms with Crippen molar-refractivity contribution in [1.29, 1.82) is 0 Å². The highest BCUT2D eigenvalue weighted by Gasteiger charge is 2.19. The van der Waals surface area contributed by atoms with Gasteiger partial charge in [-0.15, -0.1) is 11.3 Å². The van der Waals surface area contributed by atoms with E-state index in [-0.39, 0.29) is 5.15 Å². The predicted molar refractivity (Wildman–Crippen MR) is 60.9 cm³/mol. The van der Waals surface area contributed by atoms with Crippen LogP contribution < -0.4 is 0 Å². The first-order chi connectivity index (χ1) is 7.18. The van der Waals surface area contributed by atoms with E-state index in [0.29, 0.717) is 15.3 Å². The van der Waals surface area contributed by atoms with Gasteiger partial charge in [0.1, 0.15) is 15.3 Å². The largest absolute Gasteiger partial charge is 0.379 e. The van der Waals surface area contributed by atoms with Gasteiger partial charge in [-0.1, -0.05) is 11.6 Å². The van der Waals surface area contributed by atoms with Crippen molar-refractivity contribution in [1.82, 2.24) is 15.0 Å². The Kier molecular flexibility index (Phi) is 3.30. The monoisotopic (exact) mass is 305 g/mol. The molecule has 0 saturated carbocycles. The number of hydrogen-bond donors (Lipinski definition) is 1. The smallest absolute Gasteiger partial charge is 0.153 e. The number of hydrogen-bond acceptors (Lipinski definition) is 5. The zero-order chi connectivity index (χ0) is 10.8. The first-order valence-electron chi connectivity index (χ1n) is 3.94. The van der Waals surface area contributed by atoms with Crippen molar-refractivity contribution >= 4 is 38.9 Å². The fourth-order valence-electron chi connectivity index (χ4n) is 1.02. The molecule has 2 aromatic heterocycles. The van der Waals surface area contributed by atoms with Crippen LogP contribution in [0.5, 0.6) is 0 Å². The van der Waals surface area contributed by atoms with Gasteiger partial charge in [0.05, 0.1) is 0 Å². The van der Waals surface area contributed by atoms with Gasteiger partial charge in [-0.2, -0.15) is 0 Å². The molecule has 0 saturated heterocycles. The fourth-order valence-corrected chi connectivity index (χ4v) is 2.48. The highest BCUT2D eigenvalue weighted by molar-refractivity contribution is 9.10. The van der Waals surface area contributed by atoms with E-state index in [1.807, 2.05) is 0 Å². The molecule has 78 valence electrons. The second-order valence-electron chi connectivity index (χ2n) is 2.64. The summed E-state index contributed by atoms with van der Waals surface area (Å²) in [6.45, 7) is 0. The zero-order valence-corrected chi connectivity index (χ0v) is 10.4. The quantitative estimate of drug-likeness (QED) is 0.926. The maximum atomic E-state index is 9.93. The van der Waals surface area contributed by atoms with Crippen molar-refractivity contribution in [3.63, 3.8) is 0 Å². The van der Waals surface area contributed by atoms with Gasteiger partial charge in [-0.25, -0.2) is 9.97 Å². The van der Waals surface area contributed by atoms with Gasteiger partial charge in [-0.05, 0) is 15.9 Å². The summed E-state index contributed by atoms with van der Waals surface area (Å²) < 4.78 is 0.682. The van der Waals surface area contributed by atoms with E-state index in [9.17, 15) is 5.11 Å². The number of thiazole rings is 1. The van der Waals surface area contributed by atoms with E-state index in [0.717, 1.165) is 0 Å². The second-order valence-corrected chi connectivity index (χ2v) is 4.70. The number of halogens is 2. The van der Waals surface area contributed by atoms with Crippen LogP contribution in [-0.4, -0.2) is 20.1 Å². The lowest BCUT2D eigenvalue weighted by atomic mass is 10.3. The molecule has 2 aromatic rings. The third-order valence-corrected chi connectivity index (χ3v) is 3.56. The fraction of sp³-hybridized carbons (Fsp3) is 0.125. The molecule has 0 aromatic carbocycles. The lowest BCUT2D eigenvalue weighted by Crippen LogP contribution is -2.03. The Morgan fingerprint density at radius 1 is 1.40 bits per heavy atom. The topological polar surface area (TPSA) is 58.9 Å². The number of aromatic nitrogens is 3. The average molecular weight is 307 g/mol. The Morgan fingerprint density at radius 2 is 2.13 bits per heavy atom. The number of rotatable bonds is 2. The van der Waals surface area contributed by atoms with Crippen LogP contribution in [0.1, 0.15) is 16.8 Å². The molecule has 0 spiro atoms. The number of nitrogens with zero attached hydrogens (tertiary/aromatic N) is 3. The van der Waals surface area contributed by atoms with Crippen molar-refractivity contribution in [2.45, 2.75) is 6.10 Å². The summed E-state index contributed by atoms with van der Waals surface area (Å²) in [4.78, 5) is 11.9. The highest BCUT2D eigenvalue weighted by Crippen LogP contribution is 2.28. The minimum absolute atomic E-state index is 0.191. The Balaban J connectivity index is 2.36. The summed E-state index contributed by atoms with van der Waals surface area (Å²) in [5.41, 5.74) is 0.320. The molecule has 15 heavy (non-hydrogen) atoms. The summed E-state index contributed by atoms with van der Waals surface area (Å²) in [7, 11) is 0. The summed E-state index contributed by atoms with van der Waals surface area (Å²) >= 11 is 10.3. The van der Waals surface area contributed by atoms with E-state index in [4.69, 9.17) is 11.6 Å². The summed E-state index contributed by atoms with van der Waals surface area (Å²) in [6, 6.07) is 0. The van der Waals surface area contributed by atoms with Crippen molar-refractivity contribution in [2.24, 2.45) is 0 Å². The number of aliphatic hydroxyl groups excluding tert-OH is 1. The third kappa shape index (κ3) is 2.34. The lowest BCUT2D eigenvalue weighted by molar-refractivity contribution is 0.214. The molecule has 0 bridgehead atoms. The van der Waals surface area contributed by atoms with Crippen LogP contribution in [0.4, 0.5) is 0 Å². The molecule has 4 nitrogen and oxygen atoms in total. The minimum Gasteiger partial charge on any atom is -0.379 e. The molecule has 0 aliphatic carbocycles. The second kappa shape index (κ2) is 4.52. The first kappa shape index (κ1) is 10.9. The Hall–Kier alpha value is -0.560. The lowest BCUT2D eigenvalue weighted by Gasteiger charge is -2.06. The van der Waals surface area contributed by atoms with Gasteiger partial charge in [0, 0.05) is 17.8 Å². The van der Waals surface area contributed by atoms with E-state index >= 15 is 0 Å². The van der Waals surface area contributed by atoms with Gasteiger partial charge in [0.2, 0.25) is 0 Å². The Bertz CT molecular complexity index is 478. The van der Waals surface area contributed by atoms with Gasteiger partial charge in [-0.3, -0.25) is 4.98 Å². The molecule has 2 rings (SSSR count). The van der Waals surface area contributed by atoms with Crippen molar-refractivity contribution in [2.75, 3.05) is 0 Å². The molecule has 7 heteroatoms. The zero-order valence-electron chi connectivity index (χ0n) is 7.26. The van der Waals surface area contributed by atoms with Crippen molar-refractivity contribution < 1.29 is 5.11 Å². The minimum atomic E-state index is -0.928. The normalized spacial score (nSPS) is 12.7. The maximum absolute atomic E-state index is 9.93. The Morgan fingerprint density at radius 3 is 2.73 bits per heavy atom. The molecule has 0 fully saturated rings. The van der Waals surface area contributed by atoms with Crippen LogP contribution in [0.25, 0.3) is 0 Å². The van der Waals surface area contributed by atoms with Gasteiger partial charge < -0.3 is 5.11 Å². The molecule has 0 aliphatic heterocycles. The SMILES string of the molecule is OC(c1nc(Br)cs1)c1nccnc1Cl. The van der Waals surface area contributed by atoms with E-state index in [1.165, 1.54) is 23.7 Å². The van der Waals surface area contributed by atoms with E-state index in [1.54, 1.807) is 5.38 Å². The third-order valence-electron chi connectivity index (χ3n) is 1.67. The summed E-state index contributed by atoms with van der Waals surface area (Å²) in [5, 5.41) is 12.4. The van der Waals surface area contributed by atoms with Crippen molar-refractivity contribution in [3.05, 3.63) is 38.2 Å². The molecular weight excluding hydrogens is 302 g/mol. The van der Waals surface area contributed by atoms with Crippen LogP contribution in [0, 0.1) is 0 Å². The molecule has 1 unspecified atom stereocenters. The van der Waals surface area contributed by atoms with Gasteiger partial charge in [0.25, 0.3) is 0 Å². The molecular formula is C8H5BrClN3OS. The molecule has 2 heterocycles. The van der Waals surface area contributed by atoms with Crippen LogP contribution in [0.15, 0.2) is 22.4 Å². The average Bonchev–Trinajstić information content (AvgIpc) is 2.65. The van der Waals surface area contributed by atoms with Crippen molar-refractivity contribution in [3.8, 4) is 0 Å². The predicted octanol–water partition coefficient (Wildman–Crippen LogP) is 2.43. The van der Waals surface area contributed by atoms with Crippen LogP contribution in [0.2, 0.25) is 5.15 Å². The molecule has 1 N–H and O–H groups in total. The number of aliphatic hydroxyl groups is 1. The van der Waals surface area contributed by atoms with Gasteiger partial charge in [0.15, 0.2) is 11.3 Å². The van der Waals surface area contributed by atoms with E-state index < -0.39 is 6.10 Å². The van der Waals surface area contributed by atoms with Gasteiger partial charge >= 0.3 is 0 Å².